The Bertz CT molecular complexity index is 3280. The third-order valence-corrected chi connectivity index (χ3v) is 13.9. The van der Waals surface area contributed by atoms with Crippen molar-refractivity contribution in [3.63, 3.8) is 0 Å². The van der Waals surface area contributed by atoms with E-state index in [4.69, 9.17) is 0 Å². The van der Waals surface area contributed by atoms with Gasteiger partial charge < -0.3 is 0 Å². The van der Waals surface area contributed by atoms with Crippen molar-refractivity contribution in [2.75, 3.05) is 0 Å². The molecule has 1 unspecified atom stereocenters. The molecule has 0 heteroatoms. The topological polar surface area (TPSA) is 0 Å². The van der Waals surface area contributed by atoms with Crippen LogP contribution < -0.4 is 0 Å². The van der Waals surface area contributed by atoms with Crippen molar-refractivity contribution in [1.82, 2.24) is 0 Å². The Kier molecular flexibility index (Phi) is 21.7. The Hall–Kier alpha value is -8.32. The summed E-state index contributed by atoms with van der Waals surface area (Å²) in [5, 5.41) is 0. The molecule has 0 radical (unpaired) electrons. The highest BCUT2D eigenvalue weighted by atomic mass is 14.4. The van der Waals surface area contributed by atoms with Gasteiger partial charge in [-0.3, -0.25) is 0 Å². The van der Waals surface area contributed by atoms with E-state index < -0.39 is 0 Å². The Labute approximate surface area is 463 Å². The molecule has 0 amide bonds. The second-order valence-electron chi connectivity index (χ2n) is 19.3. The van der Waals surface area contributed by atoms with Gasteiger partial charge in [-0.1, -0.05) is 318 Å². The maximum absolute atomic E-state index is 2.46. The number of hydrogen-bond acceptors (Lipinski definition) is 0. The van der Waals surface area contributed by atoms with Crippen molar-refractivity contribution in [2.24, 2.45) is 0 Å². The van der Waals surface area contributed by atoms with Gasteiger partial charge in [-0.05, 0) is 142 Å². The fourth-order valence-electron chi connectivity index (χ4n) is 9.96. The molecule has 1 atom stereocenters. The highest BCUT2D eigenvalue weighted by molar-refractivity contribution is 5.72. The van der Waals surface area contributed by atoms with Crippen molar-refractivity contribution in [3.05, 3.63) is 340 Å². The first-order chi connectivity index (χ1) is 37.9. The second kappa shape index (κ2) is 29.7. The predicted octanol–water partition coefficient (Wildman–Crippen LogP) is 21.7. The van der Waals surface area contributed by atoms with Crippen LogP contribution in [0.2, 0.25) is 0 Å². The summed E-state index contributed by atoms with van der Waals surface area (Å²) in [7, 11) is 0. The maximum atomic E-state index is 2.46. The van der Waals surface area contributed by atoms with Gasteiger partial charge in [0.15, 0.2) is 0 Å². The standard InChI is InChI=1S/C32H26.C25H24.C16H16.2C2H6/c1-24-7-13-28(14-8-24)31-19-21-32(22-20-31)30-17-11-26(12-18-30)23-25-9-15-29(16-10-25)27-5-3-2-4-6-27;1-20-17-23-21-13-9-6-4-2-3-5-7-12-16-25(19-21,24(23)18-20)22-14-10-8-11-15-22;1-2-3-10-15-11-7-12-16(15)13-14-8-5-4-6-9-14;2*1-2/h2-22H,23H2,1H3;2-4,6,8-17,19H,5,7,18H2,1H3;2-10,12-13H,11H2,1H3;2*1-2H3/b;3-2-,6-4-,13-9-,16-12+;3-2+,15-10-,16-13-;;. The van der Waals surface area contributed by atoms with Crippen LogP contribution in [-0.2, 0) is 11.8 Å². The molecule has 11 rings (SSSR count). The molecule has 7 aromatic carbocycles. The molecule has 0 aliphatic heterocycles. The number of fused-ring (bicyclic) bond motifs is 3. The van der Waals surface area contributed by atoms with E-state index in [2.05, 4.69) is 293 Å². The second-order valence-corrected chi connectivity index (χ2v) is 19.3. The van der Waals surface area contributed by atoms with Crippen LogP contribution in [0.1, 0.15) is 95.0 Å². The van der Waals surface area contributed by atoms with Crippen molar-refractivity contribution in [2.45, 2.75) is 86.0 Å². The predicted molar refractivity (Wildman–Crippen MR) is 338 cm³/mol. The lowest BCUT2D eigenvalue weighted by Gasteiger charge is -2.28. The third kappa shape index (κ3) is 15.6. The minimum atomic E-state index is -0.105. The van der Waals surface area contributed by atoms with E-state index in [0.29, 0.717) is 0 Å². The van der Waals surface area contributed by atoms with Gasteiger partial charge in [0.05, 0.1) is 5.41 Å². The molecule has 7 aromatic rings. The quantitative estimate of drug-likeness (QED) is 0.133. The van der Waals surface area contributed by atoms with Crippen LogP contribution in [0.15, 0.2) is 313 Å². The molecule has 0 heterocycles. The van der Waals surface area contributed by atoms with Gasteiger partial charge in [-0.2, -0.15) is 0 Å². The van der Waals surface area contributed by atoms with Crippen LogP contribution in [0.4, 0.5) is 0 Å². The molecule has 2 bridgehead atoms. The summed E-state index contributed by atoms with van der Waals surface area (Å²) in [4.78, 5) is 0. The molecule has 77 heavy (non-hydrogen) atoms. The lowest BCUT2D eigenvalue weighted by atomic mass is 9.74. The first-order valence-electron chi connectivity index (χ1n) is 28.0. The molecule has 0 nitrogen and oxygen atoms in total. The van der Waals surface area contributed by atoms with E-state index in [0.717, 1.165) is 32.1 Å². The Balaban J connectivity index is 0.000000171. The SMILES string of the molecule is C/C=C/C=C1/CC=C/C1=C/c1ccccc1.CC.CC.CC1=CC2=C(C1)C1(c3ccccc3)C=C2\C=C/C=C\C=C/CC/C=C/1.Cc1ccc(-c2ccc(-c3ccc(Cc4ccc(-c5ccccc5)cc4)cc3)cc2)cc1. The van der Waals surface area contributed by atoms with Gasteiger partial charge in [0.25, 0.3) is 0 Å². The van der Waals surface area contributed by atoms with E-state index in [1.54, 1.807) is 0 Å². The van der Waals surface area contributed by atoms with Gasteiger partial charge in [-0.25, -0.2) is 0 Å². The molecule has 4 aliphatic rings. The summed E-state index contributed by atoms with van der Waals surface area (Å²) in [6, 6.07) is 67.3. The maximum Gasteiger partial charge on any atom is 0.0543 e. The molecule has 0 saturated carbocycles. The van der Waals surface area contributed by atoms with Gasteiger partial charge >= 0.3 is 0 Å². The molecular weight excluding hydrogens is 925 g/mol. The summed E-state index contributed by atoms with van der Waals surface area (Å²) in [5.41, 5.74) is 22.5. The summed E-state index contributed by atoms with van der Waals surface area (Å²) < 4.78 is 0. The number of rotatable bonds is 8. The Morgan fingerprint density at radius 2 is 1.00 bits per heavy atom. The Morgan fingerprint density at radius 1 is 0.494 bits per heavy atom. The average Bonchev–Trinajstić information content (AvgIpc) is 4.25. The van der Waals surface area contributed by atoms with Crippen LogP contribution in [0, 0.1) is 6.92 Å². The zero-order valence-corrected chi connectivity index (χ0v) is 46.7. The number of allylic oxidation sites excluding steroid dienone is 21. The van der Waals surface area contributed by atoms with Crippen LogP contribution in [-0.4, -0.2) is 0 Å². The van der Waals surface area contributed by atoms with Crippen LogP contribution >= 0.6 is 0 Å². The molecule has 0 spiro atoms. The number of benzene rings is 7. The van der Waals surface area contributed by atoms with E-state index in [1.807, 2.05) is 40.7 Å². The smallest absolute Gasteiger partial charge is 0.0543 e. The van der Waals surface area contributed by atoms with E-state index in [9.17, 15) is 0 Å². The minimum Gasteiger partial charge on any atom is -0.0877 e. The van der Waals surface area contributed by atoms with Gasteiger partial charge in [0, 0.05) is 0 Å². The average molecular weight is 1000 g/mol. The zero-order chi connectivity index (χ0) is 54.1. The molecule has 0 N–H and O–H groups in total. The number of hydrogen-bond donors (Lipinski definition) is 0. The lowest BCUT2D eigenvalue weighted by Crippen LogP contribution is -2.21. The van der Waals surface area contributed by atoms with Crippen LogP contribution in [0.5, 0.6) is 0 Å². The molecule has 0 fully saturated rings. The number of aryl methyl sites for hydroxylation is 1. The monoisotopic (exact) mass is 1000 g/mol. The Morgan fingerprint density at radius 3 is 1.58 bits per heavy atom. The molecule has 0 aromatic heterocycles. The van der Waals surface area contributed by atoms with Gasteiger partial charge in [0.1, 0.15) is 0 Å². The summed E-state index contributed by atoms with van der Waals surface area (Å²) in [5.74, 6) is 0. The fourth-order valence-corrected chi connectivity index (χ4v) is 9.96. The summed E-state index contributed by atoms with van der Waals surface area (Å²) >= 11 is 0. The van der Waals surface area contributed by atoms with Crippen molar-refractivity contribution in [3.8, 4) is 33.4 Å². The molecular formula is C77H78. The minimum absolute atomic E-state index is 0.105. The van der Waals surface area contributed by atoms with Gasteiger partial charge in [0.2, 0.25) is 0 Å². The van der Waals surface area contributed by atoms with E-state index in [1.165, 1.54) is 94.6 Å². The van der Waals surface area contributed by atoms with Crippen LogP contribution in [0.25, 0.3) is 39.5 Å². The largest absolute Gasteiger partial charge is 0.0877 e. The van der Waals surface area contributed by atoms with Crippen molar-refractivity contribution < 1.29 is 0 Å². The first kappa shape index (κ1) is 56.4. The fraction of sp³-hybridized carbons (Fsp3) is 0.169. The van der Waals surface area contributed by atoms with Crippen LogP contribution in [0.3, 0.4) is 0 Å². The lowest BCUT2D eigenvalue weighted by molar-refractivity contribution is 0.770. The van der Waals surface area contributed by atoms with Gasteiger partial charge in [-0.15, -0.1) is 0 Å². The molecule has 386 valence electrons. The zero-order valence-electron chi connectivity index (χ0n) is 46.7. The summed E-state index contributed by atoms with van der Waals surface area (Å²) in [6.07, 6.45) is 40.9. The molecule has 0 saturated heterocycles. The highest BCUT2D eigenvalue weighted by Crippen LogP contribution is 2.51. The van der Waals surface area contributed by atoms with E-state index in [-0.39, 0.29) is 5.41 Å². The molecule has 4 aliphatic carbocycles. The van der Waals surface area contributed by atoms with Crippen molar-refractivity contribution >= 4 is 6.08 Å². The normalized spacial score (nSPS) is 18.7. The van der Waals surface area contributed by atoms with E-state index >= 15 is 0 Å². The van der Waals surface area contributed by atoms with Crippen molar-refractivity contribution in [1.29, 1.82) is 0 Å². The summed E-state index contributed by atoms with van der Waals surface area (Å²) in [6.45, 7) is 14.4. The third-order valence-electron chi connectivity index (χ3n) is 13.9. The highest BCUT2D eigenvalue weighted by Gasteiger charge is 2.40. The first-order valence-corrected chi connectivity index (χ1v) is 28.0.